The third kappa shape index (κ3) is 18.4. The summed E-state index contributed by atoms with van der Waals surface area (Å²) >= 11 is 0. The minimum atomic E-state index is -5.12. The first-order valence-corrected chi connectivity index (χ1v) is 21.3. The third-order valence-electron chi connectivity index (χ3n) is 9.57. The minimum Gasteiger partial charge on any atom is -0.394 e. The molecular formula is C38H62N7O12P. The topological polar surface area (TPSA) is 296 Å². The Bertz CT molecular complexity index is 1580. The van der Waals surface area contributed by atoms with Gasteiger partial charge in [0.15, 0.2) is 0 Å². The Morgan fingerprint density at radius 2 is 1.43 bits per heavy atom. The van der Waals surface area contributed by atoms with Crippen LogP contribution in [-0.4, -0.2) is 117 Å². The van der Waals surface area contributed by atoms with Crippen molar-refractivity contribution in [2.75, 3.05) is 19.7 Å². The Hall–Kier alpha value is -4.42. The Balaban J connectivity index is 2.14. The molecule has 0 unspecified atom stereocenters. The molecule has 1 aromatic rings. The molecule has 0 bridgehead atoms. The van der Waals surface area contributed by atoms with E-state index in [9.17, 15) is 43.2 Å². The van der Waals surface area contributed by atoms with Crippen LogP contribution in [0.1, 0.15) is 97.5 Å². The number of carbonyl (C=O) groups is 7. The fourth-order valence-corrected chi connectivity index (χ4v) is 7.13. The summed E-state index contributed by atoms with van der Waals surface area (Å²) < 4.78 is 15.8. The van der Waals surface area contributed by atoms with Crippen molar-refractivity contribution in [1.29, 1.82) is 0 Å². The highest BCUT2D eigenvalue weighted by Crippen LogP contribution is 2.38. The molecule has 1 saturated heterocycles. The number of nitrogens with two attached hydrogens (primary N) is 1. The standard InChI is InChI=1S/C38H62N7O12P/c1-24(2)21-28(42-38(53)31-18-14-20-45(31)26(4)47)35(50)41-29(22-32(48)40-19-13-8-6-5-7-10-15-27-16-11-9-12-17-27)36(51)43-30(23-46)37(52)44-33(34(39)49)25(3)57-58(54,55)56/h9,11-12,16-17,24-25,28-31,33,46H,5-8,10,13-15,18-23H2,1-4H3,(H2,39,49)(H,40,48)(H,41,50)(H,42,53)(H,43,51)(H,44,52)(H2,54,55,56)/t25-,28+,29+,30+,31+,33+/m1/s1. The molecule has 1 aliphatic heterocycles. The van der Waals surface area contributed by atoms with E-state index in [-0.39, 0.29) is 24.8 Å². The van der Waals surface area contributed by atoms with Crippen LogP contribution in [0.4, 0.5) is 0 Å². The Morgan fingerprint density at radius 1 is 0.845 bits per heavy atom. The quantitative estimate of drug-likeness (QED) is 0.0442. The van der Waals surface area contributed by atoms with Crippen LogP contribution < -0.4 is 32.3 Å². The van der Waals surface area contributed by atoms with Gasteiger partial charge < -0.3 is 52.1 Å². The summed E-state index contributed by atoms with van der Waals surface area (Å²) in [6.07, 6.45) is 5.55. The van der Waals surface area contributed by atoms with E-state index in [1.54, 1.807) is 0 Å². The second-order valence-corrected chi connectivity index (χ2v) is 16.2. The van der Waals surface area contributed by atoms with Crippen LogP contribution in [0.25, 0.3) is 0 Å². The zero-order valence-corrected chi connectivity index (χ0v) is 34.7. The zero-order valence-electron chi connectivity index (χ0n) is 33.8. The van der Waals surface area contributed by atoms with Gasteiger partial charge in [0, 0.05) is 20.0 Å². The van der Waals surface area contributed by atoms with Crippen molar-refractivity contribution >= 4 is 49.2 Å². The van der Waals surface area contributed by atoms with Crippen molar-refractivity contribution in [2.24, 2.45) is 11.7 Å². The molecule has 7 amide bonds. The van der Waals surface area contributed by atoms with Gasteiger partial charge in [-0.05, 0) is 56.9 Å². The number of primary amides is 1. The number of amides is 7. The van der Waals surface area contributed by atoms with Gasteiger partial charge in [-0.2, -0.15) is 0 Å². The van der Waals surface area contributed by atoms with Crippen LogP contribution in [-0.2, 0) is 49.1 Å². The maximum atomic E-state index is 13.8. The Labute approximate surface area is 339 Å². The van der Waals surface area contributed by atoms with Crippen LogP contribution in [0.5, 0.6) is 0 Å². The lowest BCUT2D eigenvalue weighted by Gasteiger charge is -2.28. The van der Waals surface area contributed by atoms with Crippen LogP contribution in [0.15, 0.2) is 30.3 Å². The summed E-state index contributed by atoms with van der Waals surface area (Å²) in [5.41, 5.74) is 6.59. The fourth-order valence-electron chi connectivity index (χ4n) is 6.58. The first-order chi connectivity index (χ1) is 27.3. The summed E-state index contributed by atoms with van der Waals surface area (Å²) in [6.45, 7) is 5.64. The van der Waals surface area contributed by atoms with Crippen molar-refractivity contribution < 1.29 is 57.5 Å². The molecule has 58 heavy (non-hydrogen) atoms. The molecule has 10 N–H and O–H groups in total. The van der Waals surface area contributed by atoms with E-state index < -0.39 is 92.6 Å². The predicted octanol–water partition coefficient (Wildman–Crippen LogP) is 0.0476. The summed E-state index contributed by atoms with van der Waals surface area (Å²) in [6, 6.07) is 3.03. The maximum Gasteiger partial charge on any atom is 0.469 e. The highest BCUT2D eigenvalue weighted by Gasteiger charge is 2.37. The average Bonchev–Trinajstić information content (AvgIpc) is 3.65. The van der Waals surface area contributed by atoms with Crippen LogP contribution in [0, 0.1) is 5.92 Å². The van der Waals surface area contributed by atoms with Gasteiger partial charge in [-0.25, -0.2) is 4.57 Å². The molecule has 2 rings (SSSR count). The summed E-state index contributed by atoms with van der Waals surface area (Å²) in [5, 5.41) is 22.2. The molecule has 0 radical (unpaired) electrons. The molecule has 326 valence electrons. The number of unbranched alkanes of at least 4 members (excludes halogenated alkanes) is 5. The molecule has 6 atom stereocenters. The normalized spacial score (nSPS) is 16.7. The molecule has 20 heteroatoms. The van der Waals surface area contributed by atoms with Gasteiger partial charge in [-0.15, -0.1) is 0 Å². The molecule has 0 saturated carbocycles. The Kier molecular flexibility index (Phi) is 21.6. The molecule has 19 nitrogen and oxygen atoms in total. The lowest BCUT2D eigenvalue weighted by molar-refractivity contribution is -0.139. The molecular weight excluding hydrogens is 777 g/mol. The molecule has 1 aromatic carbocycles. The van der Waals surface area contributed by atoms with Crippen LogP contribution in [0.2, 0.25) is 0 Å². The average molecular weight is 840 g/mol. The van der Waals surface area contributed by atoms with Crippen molar-refractivity contribution in [3.05, 3.63) is 35.9 Å². The zero-order chi connectivity index (χ0) is 43.4. The number of phosphoric ester groups is 1. The second kappa shape index (κ2) is 25.2. The van der Waals surface area contributed by atoms with Crippen molar-refractivity contribution in [3.8, 4) is 0 Å². The Morgan fingerprint density at radius 3 is 2.02 bits per heavy atom. The minimum absolute atomic E-state index is 0.124. The van der Waals surface area contributed by atoms with E-state index in [4.69, 9.17) is 15.5 Å². The van der Waals surface area contributed by atoms with E-state index >= 15 is 0 Å². The molecule has 0 aliphatic carbocycles. The molecule has 0 aromatic heterocycles. The number of likely N-dealkylation sites (tertiary alicyclic amines) is 1. The van der Waals surface area contributed by atoms with E-state index in [0.717, 1.165) is 45.4 Å². The highest BCUT2D eigenvalue weighted by molar-refractivity contribution is 7.46. The highest BCUT2D eigenvalue weighted by atomic mass is 31.2. The summed E-state index contributed by atoms with van der Waals surface area (Å²) in [7, 11) is -5.12. The van der Waals surface area contributed by atoms with Gasteiger partial charge in [-0.1, -0.05) is 69.9 Å². The smallest absolute Gasteiger partial charge is 0.394 e. The number of hydrogen-bond donors (Lipinski definition) is 9. The third-order valence-corrected chi connectivity index (χ3v) is 10.2. The number of nitrogens with zero attached hydrogens (tertiary/aromatic N) is 1. The van der Waals surface area contributed by atoms with Gasteiger partial charge in [0.25, 0.3) is 0 Å². The number of aliphatic hydroxyl groups excluding tert-OH is 1. The number of nitrogens with one attached hydrogen (secondary N) is 5. The molecule has 0 spiro atoms. The molecule has 1 heterocycles. The van der Waals surface area contributed by atoms with Crippen molar-refractivity contribution in [1.82, 2.24) is 31.5 Å². The van der Waals surface area contributed by atoms with Crippen molar-refractivity contribution in [3.63, 3.8) is 0 Å². The van der Waals surface area contributed by atoms with E-state index in [2.05, 4.69) is 43.2 Å². The largest absolute Gasteiger partial charge is 0.469 e. The lowest BCUT2D eigenvalue weighted by atomic mass is 10.0. The summed E-state index contributed by atoms with van der Waals surface area (Å²) in [4.78, 5) is 111. The number of rotatable bonds is 26. The van der Waals surface area contributed by atoms with Crippen LogP contribution >= 0.6 is 7.82 Å². The number of aliphatic hydroxyl groups is 1. The summed E-state index contributed by atoms with van der Waals surface area (Å²) in [5.74, 6) is -5.94. The van der Waals surface area contributed by atoms with Gasteiger partial charge >= 0.3 is 7.82 Å². The van der Waals surface area contributed by atoms with E-state index in [0.29, 0.717) is 25.8 Å². The van der Waals surface area contributed by atoms with E-state index in [1.165, 1.54) is 17.4 Å². The van der Waals surface area contributed by atoms with Crippen LogP contribution in [0.3, 0.4) is 0 Å². The molecule has 1 fully saturated rings. The first kappa shape index (κ1) is 49.7. The lowest BCUT2D eigenvalue weighted by Crippen LogP contribution is -2.61. The van der Waals surface area contributed by atoms with Gasteiger partial charge in [0.1, 0.15) is 30.2 Å². The number of carbonyl (C=O) groups excluding carboxylic acids is 7. The van der Waals surface area contributed by atoms with Gasteiger partial charge in [0.05, 0.1) is 19.1 Å². The predicted molar refractivity (Wildman–Crippen MR) is 212 cm³/mol. The second-order valence-electron chi connectivity index (χ2n) is 15.0. The number of aryl methyl sites for hydroxylation is 1. The fraction of sp³-hybridized carbons (Fsp3) is 0.658. The van der Waals surface area contributed by atoms with Gasteiger partial charge in [-0.3, -0.25) is 38.1 Å². The number of phosphoric acid groups is 1. The maximum absolute atomic E-state index is 13.8. The van der Waals surface area contributed by atoms with Crippen molar-refractivity contribution in [2.45, 2.75) is 135 Å². The monoisotopic (exact) mass is 839 g/mol. The van der Waals surface area contributed by atoms with Gasteiger partial charge in [0.2, 0.25) is 41.4 Å². The SMILES string of the molecule is CC(=O)N1CCC[C@H]1C(=O)N[C@@H](CC(C)C)C(=O)N[C@@H](CC(=O)NCCCCCCCCc1ccccc1)C(=O)N[C@@H](CO)C(=O)N[C@H](C(N)=O)[C@@H](C)OP(=O)(O)O. The molecule has 1 aliphatic rings. The van der Waals surface area contributed by atoms with E-state index in [1.807, 2.05) is 32.0 Å². The number of hydrogen-bond acceptors (Lipinski definition) is 10. The number of benzene rings is 1. The first-order valence-electron chi connectivity index (χ1n) is 19.8.